The molecule has 4 saturated carbocycles. The van der Waals surface area contributed by atoms with Gasteiger partial charge in [-0.25, -0.2) is 0 Å². The van der Waals surface area contributed by atoms with Gasteiger partial charge >= 0.3 is 11.9 Å². The number of rotatable bonds is 2. The van der Waals surface area contributed by atoms with Gasteiger partial charge in [-0.2, -0.15) is 0 Å². The van der Waals surface area contributed by atoms with Gasteiger partial charge in [-0.3, -0.25) is 9.59 Å². The molecule has 8 atom stereocenters. The van der Waals surface area contributed by atoms with Crippen LogP contribution in [0.4, 0.5) is 0 Å². The van der Waals surface area contributed by atoms with E-state index in [9.17, 15) is 9.59 Å². The zero-order valence-electron chi connectivity index (χ0n) is 18.5. The second kappa shape index (κ2) is 7.03. The maximum absolute atomic E-state index is 11.9. The Kier molecular flexibility index (Phi) is 5.03. The summed E-state index contributed by atoms with van der Waals surface area (Å²) in [6.07, 6.45) is 15.7. The van der Waals surface area contributed by atoms with Crippen molar-refractivity contribution < 1.29 is 19.1 Å². The standard InChI is InChI=1S/C25H36O4/c1-6-25(29-17(3)27)14-11-22-20-8-7-18-15-19(28-16(2)26)9-12-23(18,4)21(20)10-13-24(22,25)5/h1,18-22H,7-15H2,2-5H3/t18-,19+,20+,21-,22+,23-,24+,25-/m0/s1. The molecule has 4 rings (SSSR count). The minimum atomic E-state index is -0.737. The van der Waals surface area contributed by atoms with Gasteiger partial charge in [-0.1, -0.05) is 19.8 Å². The van der Waals surface area contributed by atoms with Crippen molar-refractivity contribution in [2.24, 2.45) is 34.5 Å². The van der Waals surface area contributed by atoms with Gasteiger partial charge in [0, 0.05) is 19.3 Å². The first kappa shape index (κ1) is 20.8. The summed E-state index contributed by atoms with van der Waals surface area (Å²) in [6, 6.07) is 0. The summed E-state index contributed by atoms with van der Waals surface area (Å²) in [7, 11) is 0. The Morgan fingerprint density at radius 2 is 1.66 bits per heavy atom. The first-order chi connectivity index (χ1) is 13.6. The third-order valence-corrected chi connectivity index (χ3v) is 9.62. The Labute approximate surface area is 175 Å². The number of fused-ring (bicyclic) bond motifs is 5. The van der Waals surface area contributed by atoms with Gasteiger partial charge in [-0.05, 0) is 86.9 Å². The van der Waals surface area contributed by atoms with E-state index in [1.807, 2.05) is 0 Å². The van der Waals surface area contributed by atoms with Gasteiger partial charge in [0.2, 0.25) is 0 Å². The Morgan fingerprint density at radius 1 is 0.931 bits per heavy atom. The summed E-state index contributed by atoms with van der Waals surface area (Å²) >= 11 is 0. The molecular weight excluding hydrogens is 364 g/mol. The third kappa shape index (κ3) is 3.03. The molecule has 0 aromatic rings. The Bertz CT molecular complexity index is 738. The number of terminal acetylenes is 1. The maximum atomic E-state index is 11.9. The van der Waals surface area contributed by atoms with Gasteiger partial charge in [0.15, 0.2) is 5.60 Å². The molecular formula is C25H36O4. The van der Waals surface area contributed by atoms with Gasteiger partial charge in [0.05, 0.1) is 0 Å². The third-order valence-electron chi connectivity index (χ3n) is 9.62. The summed E-state index contributed by atoms with van der Waals surface area (Å²) in [5.74, 6) is 5.06. The fraction of sp³-hybridized carbons (Fsp3) is 0.840. The van der Waals surface area contributed by atoms with Crippen LogP contribution >= 0.6 is 0 Å². The summed E-state index contributed by atoms with van der Waals surface area (Å²) < 4.78 is 11.4. The van der Waals surface area contributed by atoms with Gasteiger partial charge in [0.1, 0.15) is 6.10 Å². The summed E-state index contributed by atoms with van der Waals surface area (Å²) in [5.41, 5.74) is -0.532. The van der Waals surface area contributed by atoms with Gasteiger partial charge in [0.25, 0.3) is 0 Å². The molecule has 0 unspecified atom stereocenters. The summed E-state index contributed by atoms with van der Waals surface area (Å²) in [6.45, 7) is 7.79. The van der Waals surface area contributed by atoms with Crippen LogP contribution in [0.15, 0.2) is 0 Å². The van der Waals surface area contributed by atoms with Crippen molar-refractivity contribution >= 4 is 11.9 Å². The first-order valence-corrected chi connectivity index (χ1v) is 11.5. The Hall–Kier alpha value is -1.50. The predicted molar refractivity (Wildman–Crippen MR) is 111 cm³/mol. The van der Waals surface area contributed by atoms with E-state index in [4.69, 9.17) is 15.9 Å². The van der Waals surface area contributed by atoms with Crippen LogP contribution in [-0.2, 0) is 19.1 Å². The van der Waals surface area contributed by atoms with E-state index in [0.29, 0.717) is 29.1 Å². The highest BCUT2D eigenvalue weighted by molar-refractivity contribution is 5.67. The molecule has 4 aliphatic carbocycles. The lowest BCUT2D eigenvalue weighted by molar-refractivity contribution is -0.178. The van der Waals surface area contributed by atoms with Crippen LogP contribution in [0.3, 0.4) is 0 Å². The molecule has 0 aliphatic heterocycles. The molecule has 0 bridgehead atoms. The van der Waals surface area contributed by atoms with Crippen molar-refractivity contribution in [3.63, 3.8) is 0 Å². The second-order valence-electron chi connectivity index (χ2n) is 10.7. The molecule has 0 amide bonds. The molecule has 160 valence electrons. The van der Waals surface area contributed by atoms with Crippen molar-refractivity contribution in [1.82, 2.24) is 0 Å². The van der Waals surface area contributed by atoms with E-state index in [2.05, 4.69) is 19.8 Å². The number of carbonyl (C=O) groups is 2. The molecule has 0 aromatic heterocycles. The molecule has 4 nitrogen and oxygen atoms in total. The minimum Gasteiger partial charge on any atom is -0.463 e. The fourth-order valence-electron chi connectivity index (χ4n) is 8.24. The van der Waals surface area contributed by atoms with Crippen LogP contribution in [0.2, 0.25) is 0 Å². The maximum Gasteiger partial charge on any atom is 0.304 e. The Balaban J connectivity index is 1.57. The highest BCUT2D eigenvalue weighted by atomic mass is 16.6. The highest BCUT2D eigenvalue weighted by Gasteiger charge is 2.66. The van der Waals surface area contributed by atoms with Crippen LogP contribution in [0, 0.1) is 46.8 Å². The predicted octanol–water partition coefficient (Wildman–Crippen LogP) is 4.90. The van der Waals surface area contributed by atoms with Crippen molar-refractivity contribution in [3.8, 4) is 12.3 Å². The number of hydrogen-bond acceptors (Lipinski definition) is 4. The van der Waals surface area contributed by atoms with Crippen LogP contribution < -0.4 is 0 Å². The second-order valence-corrected chi connectivity index (χ2v) is 10.7. The Morgan fingerprint density at radius 3 is 2.31 bits per heavy atom. The normalized spacial score (nSPS) is 48.4. The lowest BCUT2D eigenvalue weighted by Gasteiger charge is -2.61. The smallest absolute Gasteiger partial charge is 0.304 e. The monoisotopic (exact) mass is 400 g/mol. The van der Waals surface area contributed by atoms with Crippen molar-refractivity contribution in [3.05, 3.63) is 0 Å². The van der Waals surface area contributed by atoms with Crippen molar-refractivity contribution in [2.45, 2.75) is 97.2 Å². The van der Waals surface area contributed by atoms with Gasteiger partial charge < -0.3 is 9.47 Å². The molecule has 4 heteroatoms. The molecule has 0 heterocycles. The van der Waals surface area contributed by atoms with Crippen molar-refractivity contribution in [2.75, 3.05) is 0 Å². The average molecular weight is 401 g/mol. The van der Waals surface area contributed by atoms with E-state index in [1.165, 1.54) is 26.7 Å². The van der Waals surface area contributed by atoms with E-state index < -0.39 is 5.60 Å². The zero-order chi connectivity index (χ0) is 21.0. The number of ether oxygens (including phenoxy) is 2. The summed E-state index contributed by atoms with van der Waals surface area (Å²) in [4.78, 5) is 23.3. The van der Waals surface area contributed by atoms with E-state index in [-0.39, 0.29) is 23.5 Å². The van der Waals surface area contributed by atoms with Crippen LogP contribution in [0.25, 0.3) is 0 Å². The molecule has 0 saturated heterocycles. The molecule has 4 aliphatic rings. The largest absolute Gasteiger partial charge is 0.463 e. The molecule has 0 spiro atoms. The number of esters is 2. The van der Waals surface area contributed by atoms with Gasteiger partial charge in [-0.15, -0.1) is 6.42 Å². The molecule has 0 N–H and O–H groups in total. The summed E-state index contributed by atoms with van der Waals surface area (Å²) in [5, 5.41) is 0. The minimum absolute atomic E-state index is 0.0977. The quantitative estimate of drug-likeness (QED) is 0.489. The van der Waals surface area contributed by atoms with Crippen LogP contribution in [0.1, 0.15) is 85.5 Å². The first-order valence-electron chi connectivity index (χ1n) is 11.5. The molecule has 4 fully saturated rings. The number of hydrogen-bond donors (Lipinski definition) is 0. The zero-order valence-corrected chi connectivity index (χ0v) is 18.5. The fourth-order valence-corrected chi connectivity index (χ4v) is 8.24. The van der Waals surface area contributed by atoms with E-state index in [1.54, 1.807) is 0 Å². The van der Waals surface area contributed by atoms with E-state index >= 15 is 0 Å². The van der Waals surface area contributed by atoms with Crippen LogP contribution in [0.5, 0.6) is 0 Å². The topological polar surface area (TPSA) is 52.6 Å². The lowest BCUT2D eigenvalue weighted by Crippen LogP contribution is -2.57. The molecule has 0 aromatic carbocycles. The average Bonchev–Trinajstić information content (AvgIpc) is 2.94. The lowest BCUT2D eigenvalue weighted by atomic mass is 9.44. The molecule has 29 heavy (non-hydrogen) atoms. The highest BCUT2D eigenvalue weighted by Crippen LogP contribution is 2.68. The van der Waals surface area contributed by atoms with E-state index in [0.717, 1.165) is 44.9 Å². The van der Waals surface area contributed by atoms with Crippen molar-refractivity contribution in [1.29, 1.82) is 0 Å². The van der Waals surface area contributed by atoms with Crippen LogP contribution in [-0.4, -0.2) is 23.6 Å². The SMILES string of the molecule is C#C[C@]1(OC(C)=O)CC[C@@H]2[C@@H]3CC[C@H]4C[C@H](OC(C)=O)CC[C@]4(C)[C@H]3CC[C@]21C. The number of carbonyl (C=O) groups excluding carboxylic acids is 2. The molecule has 0 radical (unpaired) electrons.